The summed E-state index contributed by atoms with van der Waals surface area (Å²) in [5.41, 5.74) is 16.7. The molecule has 0 aliphatic rings. The van der Waals surface area contributed by atoms with Gasteiger partial charge in [0.05, 0.1) is 16.7 Å². The molecule has 0 bridgehead atoms. The second-order valence-electron chi connectivity index (χ2n) is 18.0. The van der Waals surface area contributed by atoms with E-state index < -0.39 is 0 Å². The predicted molar refractivity (Wildman–Crippen MR) is 249 cm³/mol. The molecule has 61 heavy (non-hydrogen) atoms. The molecular formula is C55H49N4OPt-. The van der Waals surface area contributed by atoms with Gasteiger partial charge in [0.25, 0.3) is 0 Å². The zero-order valence-electron chi connectivity index (χ0n) is 35.9. The molecule has 0 aliphatic heterocycles. The zero-order valence-corrected chi connectivity index (χ0v) is 38.2. The van der Waals surface area contributed by atoms with Crippen molar-refractivity contribution >= 4 is 21.8 Å². The second kappa shape index (κ2) is 16.0. The van der Waals surface area contributed by atoms with Crippen molar-refractivity contribution in [1.29, 1.82) is 0 Å². The van der Waals surface area contributed by atoms with Gasteiger partial charge in [-0.3, -0.25) is 15.0 Å². The van der Waals surface area contributed by atoms with Crippen LogP contribution in [0.2, 0.25) is 0 Å². The summed E-state index contributed by atoms with van der Waals surface area (Å²) < 4.78 is 2.34. The van der Waals surface area contributed by atoms with Crippen molar-refractivity contribution in [3.63, 3.8) is 0 Å². The molecule has 5 aromatic carbocycles. The van der Waals surface area contributed by atoms with E-state index in [1.807, 2.05) is 44.3 Å². The summed E-state index contributed by atoms with van der Waals surface area (Å²) in [4.78, 5) is 14.8. The molecule has 4 heterocycles. The Kier molecular flexibility index (Phi) is 10.9. The van der Waals surface area contributed by atoms with E-state index in [-0.39, 0.29) is 37.6 Å². The molecule has 306 valence electrons. The number of pyridine rings is 3. The van der Waals surface area contributed by atoms with Gasteiger partial charge in [0.1, 0.15) is 5.75 Å². The Morgan fingerprint density at radius 3 is 1.87 bits per heavy atom. The summed E-state index contributed by atoms with van der Waals surface area (Å²) in [7, 11) is 0. The standard InChI is InChI=1S/C55H49N4O.Pt/c1-34-25-43(26-35(2)57-34)59-50-20-11-9-17-45(50)47-30-36(22-23-51(47)59)44-19-14-24-56-53(44)38-16-13-15-37(27-38)48-31-40(32-49(58-48)46-18-10-12-21-52(46)60)39-28-41(54(3,4)5)33-42(29-39)55(6,7)8;/h9-26,28-33,60H,1-8H3;/q-1;. The number of fused-ring (bicyclic) bond motifs is 3. The molecule has 0 saturated carbocycles. The molecule has 0 atom stereocenters. The quantitative estimate of drug-likeness (QED) is 0.169. The van der Waals surface area contributed by atoms with E-state index in [1.54, 1.807) is 6.07 Å². The van der Waals surface area contributed by atoms with Gasteiger partial charge >= 0.3 is 0 Å². The Balaban J connectivity index is 0.00000514. The first-order valence-electron chi connectivity index (χ1n) is 20.7. The Morgan fingerprint density at radius 1 is 0.525 bits per heavy atom. The van der Waals surface area contributed by atoms with Gasteiger partial charge in [-0.2, -0.15) is 0 Å². The van der Waals surface area contributed by atoms with Gasteiger partial charge in [0.15, 0.2) is 0 Å². The minimum absolute atomic E-state index is 0. The Morgan fingerprint density at radius 2 is 1.15 bits per heavy atom. The summed E-state index contributed by atoms with van der Waals surface area (Å²) in [6.07, 6.45) is 1.85. The van der Waals surface area contributed by atoms with Crippen LogP contribution in [0.25, 0.3) is 83.5 Å². The predicted octanol–water partition coefficient (Wildman–Crippen LogP) is 14.0. The largest absolute Gasteiger partial charge is 0.507 e. The Bertz CT molecular complexity index is 3060. The number of hydrogen-bond acceptors (Lipinski definition) is 4. The van der Waals surface area contributed by atoms with Crippen LogP contribution in [0.3, 0.4) is 0 Å². The van der Waals surface area contributed by atoms with Crippen molar-refractivity contribution in [2.24, 2.45) is 0 Å². The third-order valence-corrected chi connectivity index (χ3v) is 11.4. The van der Waals surface area contributed by atoms with Crippen LogP contribution in [0.1, 0.15) is 64.1 Å². The Hall–Kier alpha value is -6.16. The van der Waals surface area contributed by atoms with Crippen LogP contribution in [0, 0.1) is 19.9 Å². The van der Waals surface area contributed by atoms with Gasteiger partial charge in [-0.05, 0) is 113 Å². The first-order chi connectivity index (χ1) is 28.7. The van der Waals surface area contributed by atoms with E-state index in [2.05, 4.69) is 166 Å². The second-order valence-corrected chi connectivity index (χ2v) is 18.0. The van der Waals surface area contributed by atoms with Gasteiger partial charge in [-0.1, -0.05) is 119 Å². The van der Waals surface area contributed by atoms with Crippen molar-refractivity contribution in [2.75, 3.05) is 0 Å². The van der Waals surface area contributed by atoms with Crippen LogP contribution < -0.4 is 0 Å². The van der Waals surface area contributed by atoms with Crippen LogP contribution in [-0.2, 0) is 31.9 Å². The Labute approximate surface area is 373 Å². The first kappa shape index (κ1) is 41.6. The molecule has 6 heteroatoms. The van der Waals surface area contributed by atoms with E-state index in [0.717, 1.165) is 72.9 Å². The van der Waals surface area contributed by atoms with Crippen LogP contribution in [0.4, 0.5) is 0 Å². The SMILES string of the molecule is Cc1cc(-n2c3ccccc3c3cc(-c4cccnc4-c4[c-]c(-c5cc(-c6cc(C(C)(C)C)cc(C(C)(C)C)c6)cc(-c6ccccc6O)n5)ccc4)ccc32)cc(C)n1.[Pt]. The summed E-state index contributed by atoms with van der Waals surface area (Å²) in [6.45, 7) is 17.7. The fourth-order valence-electron chi connectivity index (χ4n) is 8.29. The normalized spacial score (nSPS) is 11.9. The fourth-order valence-corrected chi connectivity index (χ4v) is 8.29. The van der Waals surface area contributed by atoms with Crippen molar-refractivity contribution < 1.29 is 26.2 Å². The van der Waals surface area contributed by atoms with Crippen molar-refractivity contribution in [3.8, 4) is 67.5 Å². The van der Waals surface area contributed by atoms with E-state index in [9.17, 15) is 5.11 Å². The minimum atomic E-state index is -0.0473. The van der Waals surface area contributed by atoms with E-state index >= 15 is 0 Å². The van der Waals surface area contributed by atoms with Gasteiger partial charge in [0, 0.05) is 72.1 Å². The van der Waals surface area contributed by atoms with Crippen LogP contribution in [-0.4, -0.2) is 24.6 Å². The number of benzene rings is 5. The number of nitrogens with zero attached hydrogens (tertiary/aromatic N) is 4. The van der Waals surface area contributed by atoms with Gasteiger partial charge in [-0.25, -0.2) is 0 Å². The van der Waals surface area contributed by atoms with E-state index in [1.165, 1.54) is 21.9 Å². The van der Waals surface area contributed by atoms with Gasteiger partial charge in [-0.15, -0.1) is 24.3 Å². The van der Waals surface area contributed by atoms with Crippen molar-refractivity contribution in [2.45, 2.75) is 66.2 Å². The zero-order chi connectivity index (χ0) is 41.9. The number of phenolic OH excluding ortho intramolecular Hbond substituents is 1. The number of aromatic nitrogens is 4. The third-order valence-electron chi connectivity index (χ3n) is 11.4. The maximum absolute atomic E-state index is 11.1. The average molecular weight is 977 g/mol. The molecule has 5 nitrogen and oxygen atoms in total. The summed E-state index contributed by atoms with van der Waals surface area (Å²) in [5, 5.41) is 13.4. The molecule has 9 aromatic rings. The van der Waals surface area contributed by atoms with Crippen LogP contribution in [0.5, 0.6) is 5.75 Å². The molecule has 1 N–H and O–H groups in total. The van der Waals surface area contributed by atoms with Gasteiger partial charge < -0.3 is 9.67 Å². The molecular weight excluding hydrogens is 928 g/mol. The summed E-state index contributed by atoms with van der Waals surface area (Å²) in [6, 6.07) is 52.3. The number of aromatic hydroxyl groups is 1. The molecule has 0 radical (unpaired) electrons. The fraction of sp³-hybridized carbons (Fsp3) is 0.182. The minimum Gasteiger partial charge on any atom is -0.507 e. The number of rotatable bonds is 6. The van der Waals surface area contributed by atoms with Crippen LogP contribution >= 0.6 is 0 Å². The topological polar surface area (TPSA) is 63.8 Å². The maximum atomic E-state index is 11.1. The summed E-state index contributed by atoms with van der Waals surface area (Å²) in [5.74, 6) is 0.189. The molecule has 0 spiro atoms. The molecule has 4 aromatic heterocycles. The number of phenols is 1. The first-order valence-corrected chi connectivity index (χ1v) is 20.7. The molecule has 0 saturated heterocycles. The third kappa shape index (κ3) is 8.08. The van der Waals surface area contributed by atoms with Crippen molar-refractivity contribution in [3.05, 3.63) is 174 Å². The summed E-state index contributed by atoms with van der Waals surface area (Å²) >= 11 is 0. The number of hydrogen-bond donors (Lipinski definition) is 1. The van der Waals surface area contributed by atoms with E-state index in [0.29, 0.717) is 11.3 Å². The molecule has 0 amide bonds. The molecule has 0 unspecified atom stereocenters. The molecule has 0 fully saturated rings. The van der Waals surface area contributed by atoms with Gasteiger partial charge in [0.2, 0.25) is 0 Å². The average Bonchev–Trinajstić information content (AvgIpc) is 3.56. The number of aryl methyl sites for hydroxylation is 2. The number of para-hydroxylation sites is 2. The molecule has 9 rings (SSSR count). The molecule has 0 aliphatic carbocycles. The van der Waals surface area contributed by atoms with Crippen molar-refractivity contribution in [1.82, 2.24) is 19.5 Å². The maximum Gasteiger partial charge on any atom is 0.124 e. The van der Waals surface area contributed by atoms with E-state index in [4.69, 9.17) is 9.97 Å². The monoisotopic (exact) mass is 976 g/mol. The van der Waals surface area contributed by atoms with Crippen LogP contribution in [0.15, 0.2) is 146 Å². The smallest absolute Gasteiger partial charge is 0.124 e.